The molecule has 1 heteroatoms. The molecule has 0 aromatic carbocycles. The van der Waals surface area contributed by atoms with Crippen LogP contribution >= 0.6 is 0 Å². The molecule has 0 aromatic rings. The van der Waals surface area contributed by atoms with Crippen molar-refractivity contribution in [3.8, 4) is 0 Å². The molecule has 64 valence electrons. The van der Waals surface area contributed by atoms with Crippen molar-refractivity contribution in [2.45, 2.75) is 13.3 Å². The molecule has 0 fully saturated rings. The van der Waals surface area contributed by atoms with Gasteiger partial charge in [0.2, 0.25) is 0 Å². The van der Waals surface area contributed by atoms with Gasteiger partial charge in [-0.3, -0.25) is 0 Å². The molecular weight excluding hydrogens is 134 g/mol. The summed E-state index contributed by atoms with van der Waals surface area (Å²) in [6.07, 6.45) is 4.68. The molecule has 0 unspecified atom stereocenters. The number of allylic oxidation sites excluding steroid dienone is 2. The topological polar surface area (TPSA) is 3.24 Å². The van der Waals surface area contributed by atoms with Gasteiger partial charge in [-0.1, -0.05) is 26.2 Å². The van der Waals surface area contributed by atoms with Crippen LogP contribution in [0.2, 0.25) is 0 Å². The highest BCUT2D eigenvalue weighted by atomic mass is 15.1. The molecular formula is C10H19N. The lowest BCUT2D eigenvalue weighted by molar-refractivity contribution is 0.533. The third kappa shape index (κ3) is 12.3. The predicted octanol–water partition coefficient (Wildman–Crippen LogP) is 2.83. The number of hydrogen-bond acceptors (Lipinski definition) is 1. The van der Waals surface area contributed by atoms with Gasteiger partial charge in [-0.2, -0.15) is 0 Å². The van der Waals surface area contributed by atoms with Crippen molar-refractivity contribution in [1.29, 1.82) is 0 Å². The largest absolute Gasteiger partial charge is 0.378 e. The van der Waals surface area contributed by atoms with Crippen LogP contribution < -0.4 is 0 Å². The quantitative estimate of drug-likeness (QED) is 0.445. The zero-order valence-electron chi connectivity index (χ0n) is 7.93. The molecule has 0 N–H and O–H groups in total. The van der Waals surface area contributed by atoms with Gasteiger partial charge in [0.25, 0.3) is 0 Å². The van der Waals surface area contributed by atoms with Crippen LogP contribution in [0.1, 0.15) is 13.3 Å². The standard InChI is InChI=1S/C6H11N.C4H8/c1-5-6(2)7(3)4;1-3-4-2/h5H,1-2H2,3-4H3;3H,1,4H2,2H3. The van der Waals surface area contributed by atoms with Gasteiger partial charge >= 0.3 is 0 Å². The van der Waals surface area contributed by atoms with Crippen molar-refractivity contribution in [2.24, 2.45) is 0 Å². The number of rotatable bonds is 3. The monoisotopic (exact) mass is 153 g/mol. The van der Waals surface area contributed by atoms with Crippen LogP contribution in [0.3, 0.4) is 0 Å². The highest BCUT2D eigenvalue weighted by Gasteiger charge is 1.83. The van der Waals surface area contributed by atoms with Crippen molar-refractivity contribution < 1.29 is 0 Å². The van der Waals surface area contributed by atoms with Crippen LogP contribution in [0, 0.1) is 0 Å². The van der Waals surface area contributed by atoms with Crippen molar-refractivity contribution >= 4 is 0 Å². The van der Waals surface area contributed by atoms with Gasteiger partial charge in [0, 0.05) is 19.8 Å². The summed E-state index contributed by atoms with van der Waals surface area (Å²) in [6.45, 7) is 12.8. The maximum absolute atomic E-state index is 3.68. The molecule has 11 heavy (non-hydrogen) atoms. The van der Waals surface area contributed by atoms with Crippen LogP contribution in [0.15, 0.2) is 37.6 Å². The van der Waals surface area contributed by atoms with Crippen LogP contribution in [-0.2, 0) is 0 Å². The Hall–Kier alpha value is -0.980. The summed E-state index contributed by atoms with van der Waals surface area (Å²) in [4.78, 5) is 1.91. The van der Waals surface area contributed by atoms with Crippen LogP contribution in [0.4, 0.5) is 0 Å². The zero-order chi connectivity index (χ0) is 9.28. The molecule has 0 aliphatic heterocycles. The fourth-order valence-electron chi connectivity index (χ4n) is 0.183. The lowest BCUT2D eigenvalue weighted by Crippen LogP contribution is -2.06. The molecule has 0 spiro atoms. The maximum atomic E-state index is 3.68. The Morgan fingerprint density at radius 1 is 1.36 bits per heavy atom. The van der Waals surface area contributed by atoms with Gasteiger partial charge in [-0.15, -0.1) is 6.58 Å². The highest BCUT2D eigenvalue weighted by molar-refractivity contribution is 5.07. The summed E-state index contributed by atoms with van der Waals surface area (Å²) < 4.78 is 0. The lowest BCUT2D eigenvalue weighted by Gasteiger charge is -2.09. The molecule has 1 nitrogen and oxygen atoms in total. The van der Waals surface area contributed by atoms with E-state index in [4.69, 9.17) is 0 Å². The number of likely N-dealkylation sites (N-methyl/N-ethyl adjacent to an activating group) is 1. The average Bonchev–Trinajstić information content (AvgIpc) is 2.03. The third-order valence-corrected chi connectivity index (χ3v) is 1.10. The van der Waals surface area contributed by atoms with Crippen LogP contribution in [0.25, 0.3) is 0 Å². The second kappa shape index (κ2) is 9.02. The van der Waals surface area contributed by atoms with E-state index in [9.17, 15) is 0 Å². The molecule has 0 amide bonds. The summed E-state index contributed by atoms with van der Waals surface area (Å²) in [7, 11) is 3.87. The first-order valence-corrected chi connectivity index (χ1v) is 3.69. The van der Waals surface area contributed by atoms with Crippen molar-refractivity contribution in [3.63, 3.8) is 0 Å². The summed E-state index contributed by atoms with van der Waals surface area (Å²) in [5.74, 6) is 0. The van der Waals surface area contributed by atoms with Crippen molar-refractivity contribution in [1.82, 2.24) is 4.90 Å². The molecule has 0 radical (unpaired) electrons. The molecule has 0 bridgehead atoms. The van der Waals surface area contributed by atoms with E-state index in [-0.39, 0.29) is 0 Å². The van der Waals surface area contributed by atoms with E-state index in [0.29, 0.717) is 0 Å². The van der Waals surface area contributed by atoms with Gasteiger partial charge in [0.05, 0.1) is 0 Å². The fourth-order valence-corrected chi connectivity index (χ4v) is 0.183. The second-order valence-electron chi connectivity index (χ2n) is 2.29. The summed E-state index contributed by atoms with van der Waals surface area (Å²) in [5.41, 5.74) is 0.944. The first kappa shape index (κ1) is 12.7. The fraction of sp³-hybridized carbons (Fsp3) is 0.400. The lowest BCUT2D eigenvalue weighted by atomic mass is 10.4. The smallest absolute Gasteiger partial charge is 0.0281 e. The van der Waals surface area contributed by atoms with E-state index in [0.717, 1.165) is 12.1 Å². The first-order valence-electron chi connectivity index (χ1n) is 3.69. The third-order valence-electron chi connectivity index (χ3n) is 1.10. The Bertz CT molecular complexity index is 123. The molecule has 0 rings (SSSR count). The Balaban J connectivity index is 0. The van der Waals surface area contributed by atoms with E-state index in [1.807, 2.05) is 25.1 Å². The van der Waals surface area contributed by atoms with Crippen LogP contribution in [-0.4, -0.2) is 19.0 Å². The summed E-state index contributed by atoms with van der Waals surface area (Å²) in [6, 6.07) is 0. The summed E-state index contributed by atoms with van der Waals surface area (Å²) in [5, 5.41) is 0. The number of nitrogens with zero attached hydrogens (tertiary/aromatic N) is 1. The van der Waals surface area contributed by atoms with E-state index >= 15 is 0 Å². The van der Waals surface area contributed by atoms with E-state index in [1.54, 1.807) is 6.08 Å². The summed E-state index contributed by atoms with van der Waals surface area (Å²) >= 11 is 0. The zero-order valence-corrected chi connectivity index (χ0v) is 7.93. The number of hydrogen-bond donors (Lipinski definition) is 0. The minimum atomic E-state index is 0.944. The minimum Gasteiger partial charge on any atom is -0.378 e. The molecule has 0 saturated heterocycles. The van der Waals surface area contributed by atoms with Crippen molar-refractivity contribution in [2.75, 3.05) is 14.1 Å². The highest BCUT2D eigenvalue weighted by Crippen LogP contribution is 1.91. The van der Waals surface area contributed by atoms with Crippen molar-refractivity contribution in [3.05, 3.63) is 37.6 Å². The SMILES string of the molecule is C=CC(=C)N(C)C.C=CCC. The average molecular weight is 153 g/mol. The predicted molar refractivity (Wildman–Crippen MR) is 53.5 cm³/mol. The molecule has 0 heterocycles. The van der Waals surface area contributed by atoms with Gasteiger partial charge in [0.1, 0.15) is 0 Å². The first-order chi connectivity index (χ1) is 5.09. The van der Waals surface area contributed by atoms with Gasteiger partial charge in [0.15, 0.2) is 0 Å². The van der Waals surface area contributed by atoms with E-state index in [2.05, 4.69) is 26.7 Å². The Labute approximate surface area is 70.7 Å². The molecule has 0 atom stereocenters. The molecule has 0 aromatic heterocycles. The maximum Gasteiger partial charge on any atom is 0.0281 e. The Kier molecular flexibility index (Phi) is 10.4. The van der Waals surface area contributed by atoms with Gasteiger partial charge < -0.3 is 4.90 Å². The molecule has 0 aliphatic rings. The Morgan fingerprint density at radius 2 is 1.73 bits per heavy atom. The minimum absolute atomic E-state index is 0.944. The Morgan fingerprint density at radius 3 is 1.73 bits per heavy atom. The molecule has 0 aliphatic carbocycles. The van der Waals surface area contributed by atoms with Gasteiger partial charge in [-0.25, -0.2) is 0 Å². The van der Waals surface area contributed by atoms with E-state index in [1.165, 1.54) is 0 Å². The van der Waals surface area contributed by atoms with Gasteiger partial charge in [-0.05, 0) is 12.5 Å². The van der Waals surface area contributed by atoms with Crippen LogP contribution in [0.5, 0.6) is 0 Å². The second-order valence-corrected chi connectivity index (χ2v) is 2.29. The molecule has 0 saturated carbocycles. The normalized spacial score (nSPS) is 7.18. The van der Waals surface area contributed by atoms with E-state index < -0.39 is 0 Å².